The number of pyridine rings is 1. The average Bonchev–Trinajstić information content (AvgIpc) is 2.99. The molecular weight excluding hydrogens is 630 g/mol. The van der Waals surface area contributed by atoms with E-state index in [9.17, 15) is 32.6 Å². The summed E-state index contributed by atoms with van der Waals surface area (Å²) in [5.41, 5.74) is 1.36. The number of hydrogen-bond acceptors (Lipinski definition) is 11. The average molecular weight is 647 g/mol. The van der Waals surface area contributed by atoms with Crippen LogP contribution in [0.3, 0.4) is 0 Å². The van der Waals surface area contributed by atoms with Crippen molar-refractivity contribution in [2.75, 3.05) is 5.32 Å². The van der Waals surface area contributed by atoms with Gasteiger partial charge in [-0.1, -0.05) is 54.6 Å². The van der Waals surface area contributed by atoms with Gasteiger partial charge in [0.1, 0.15) is 10.1 Å². The zero-order chi connectivity index (χ0) is 29.6. The Morgan fingerprint density at radius 3 is 2.18 bits per heavy atom. The van der Waals surface area contributed by atoms with E-state index in [1.807, 2.05) is 0 Å². The maximum atomic E-state index is 14.0. The van der Waals surface area contributed by atoms with Crippen LogP contribution in [-0.2, 0) is 19.5 Å². The molecule has 5 aromatic rings. The molecule has 0 atom stereocenters. The topological polar surface area (TPSA) is 178 Å². The minimum atomic E-state index is -4.85. The van der Waals surface area contributed by atoms with Gasteiger partial charge in [-0.25, -0.2) is 8.42 Å². The minimum Gasteiger partial charge on any atom is -0.744 e. The number of fused-ring (bicyclic) bond motifs is 2. The normalized spacial score (nSPS) is 11.7. The van der Waals surface area contributed by atoms with Crippen LogP contribution in [0.2, 0.25) is 0 Å². The Labute approximate surface area is 298 Å². The molecule has 44 heavy (non-hydrogen) atoms. The number of ketones is 2. The molecule has 11 nitrogen and oxygen atoms in total. The van der Waals surface area contributed by atoms with Gasteiger partial charge in [-0.05, 0) is 35.9 Å². The predicted molar refractivity (Wildman–Crippen MR) is 149 cm³/mol. The summed E-state index contributed by atoms with van der Waals surface area (Å²) in [6.07, 6.45) is 0. The molecule has 15 heteroatoms. The molecule has 0 amide bonds. The molecule has 210 valence electrons. The molecule has 0 bridgehead atoms. The van der Waals surface area contributed by atoms with E-state index in [4.69, 9.17) is 0 Å². The van der Waals surface area contributed by atoms with E-state index in [1.54, 1.807) is 60.7 Å². The molecule has 0 spiro atoms. The molecule has 0 fully saturated rings. The summed E-state index contributed by atoms with van der Waals surface area (Å²) < 4.78 is 39.1. The monoisotopic (exact) mass is 646 g/mol. The zero-order valence-corrected chi connectivity index (χ0v) is 28.7. The van der Waals surface area contributed by atoms with Crippen molar-refractivity contribution in [3.05, 3.63) is 118 Å². The first-order valence-corrected chi connectivity index (χ1v) is 14.3. The quantitative estimate of drug-likeness (QED) is 0.0461. The van der Waals surface area contributed by atoms with Crippen molar-refractivity contribution in [1.82, 2.24) is 4.98 Å². The van der Waals surface area contributed by atoms with Crippen molar-refractivity contribution in [1.29, 1.82) is 0 Å². The number of benzene rings is 4. The van der Waals surface area contributed by atoms with E-state index >= 15 is 0 Å². The van der Waals surface area contributed by atoms with Crippen molar-refractivity contribution in [3.8, 4) is 11.1 Å². The smallest absolute Gasteiger partial charge is 0.744 e. The van der Waals surface area contributed by atoms with Gasteiger partial charge in [-0.15, -0.1) is 0 Å². The standard InChI is InChI=1S/C29H18N2O9S2.2Na/c32-27(15-6-2-1-3-7-15)26-23-17-8-4-5-9-18(17)28(33)25-21(13-12-20(24(23)25)31-29(26)34)30-19-11-10-16(42(36,37)38)14-22(19)41-40-39-35;;/h1-14,30,35H,(H,31,34)(H,36,37,38);;/q;2*+1/p-2. The fraction of sp³-hybridized carbons (Fsp3) is 0. The summed E-state index contributed by atoms with van der Waals surface area (Å²) in [6, 6.07) is 21.3. The fourth-order valence-corrected chi connectivity index (χ4v) is 6.07. The second kappa shape index (κ2) is 13.8. The number of aromatic nitrogens is 1. The Morgan fingerprint density at radius 1 is 0.841 bits per heavy atom. The Morgan fingerprint density at radius 2 is 1.50 bits per heavy atom. The van der Waals surface area contributed by atoms with E-state index in [-0.39, 0.29) is 92.1 Å². The predicted octanol–water partition coefficient (Wildman–Crippen LogP) is -2.14. The Hall–Kier alpha value is -2.63. The Bertz CT molecular complexity index is 2100. The van der Waals surface area contributed by atoms with Gasteiger partial charge >= 0.3 is 59.1 Å². The van der Waals surface area contributed by atoms with Crippen LogP contribution in [0.5, 0.6) is 0 Å². The van der Waals surface area contributed by atoms with Crippen LogP contribution in [0, 0.1) is 0 Å². The van der Waals surface area contributed by atoms with E-state index in [0.29, 0.717) is 39.6 Å². The van der Waals surface area contributed by atoms with Gasteiger partial charge < -0.3 is 20.1 Å². The van der Waals surface area contributed by atoms with Crippen molar-refractivity contribution in [2.45, 2.75) is 9.79 Å². The number of rotatable bonds is 8. The fourth-order valence-electron chi connectivity index (χ4n) is 5.01. The number of nitrogens with one attached hydrogen (secondary N) is 2. The molecule has 0 unspecified atom stereocenters. The van der Waals surface area contributed by atoms with Crippen LogP contribution in [0.1, 0.15) is 31.8 Å². The van der Waals surface area contributed by atoms with Crippen LogP contribution in [0.25, 0.3) is 22.0 Å². The molecule has 0 radical (unpaired) electrons. The molecule has 0 saturated carbocycles. The maximum Gasteiger partial charge on any atom is 1.00 e. The number of hydrogen-bond donors (Lipinski definition) is 2. The minimum absolute atomic E-state index is 0. The van der Waals surface area contributed by atoms with Crippen LogP contribution in [0.4, 0.5) is 11.4 Å². The van der Waals surface area contributed by atoms with Crippen LogP contribution in [0.15, 0.2) is 99.5 Å². The van der Waals surface area contributed by atoms with Gasteiger partial charge in [-0.3, -0.25) is 19.4 Å². The first-order valence-electron chi connectivity index (χ1n) is 12.2. The Kier molecular flexibility index (Phi) is 10.7. The largest absolute Gasteiger partial charge is 1.00 e. The second-order valence-corrected chi connectivity index (χ2v) is 11.3. The molecule has 1 aliphatic carbocycles. The van der Waals surface area contributed by atoms with Crippen LogP contribution in [-0.4, -0.2) is 29.5 Å². The second-order valence-electron chi connectivity index (χ2n) is 9.14. The van der Waals surface area contributed by atoms with Crippen molar-refractivity contribution in [3.63, 3.8) is 0 Å². The molecule has 6 rings (SSSR count). The van der Waals surface area contributed by atoms with Gasteiger partial charge in [-0.2, -0.15) is 4.33 Å². The van der Waals surface area contributed by atoms with Gasteiger partial charge in [0, 0.05) is 27.6 Å². The Balaban J connectivity index is 0.00000221. The SMILES string of the molecule is O=C(c1ccccc1)c1c2c3c(c(Nc4ccc(S(=O)(=O)[O-])cc4SOO[O-])ccc3[nH]c1=O)C(=O)c1ccccc1-2.[Na+].[Na+]. The molecule has 1 aromatic heterocycles. The van der Waals surface area contributed by atoms with Gasteiger partial charge in [0.2, 0.25) is 0 Å². The summed E-state index contributed by atoms with van der Waals surface area (Å²) >= 11 is 0.348. The molecule has 0 saturated heterocycles. The first-order chi connectivity index (χ1) is 20.2. The molecule has 0 aliphatic heterocycles. The summed E-state index contributed by atoms with van der Waals surface area (Å²) in [5.74, 6) is -0.923. The summed E-state index contributed by atoms with van der Waals surface area (Å²) in [7, 11) is -4.85. The zero-order valence-electron chi connectivity index (χ0n) is 23.1. The number of carbonyl (C=O) groups excluding carboxylic acids is 2. The summed E-state index contributed by atoms with van der Waals surface area (Å²) in [6.45, 7) is 0. The number of aromatic amines is 1. The van der Waals surface area contributed by atoms with Gasteiger partial charge in [0.05, 0.1) is 44.3 Å². The molecule has 2 N–H and O–H groups in total. The molecule has 1 aliphatic rings. The van der Waals surface area contributed by atoms with E-state index in [1.165, 1.54) is 12.1 Å². The van der Waals surface area contributed by atoms with Gasteiger partial charge in [0.15, 0.2) is 11.6 Å². The third-order valence-corrected chi connectivity index (χ3v) is 8.25. The number of H-pyrrole nitrogens is 1. The summed E-state index contributed by atoms with van der Waals surface area (Å²) in [5, 5.41) is 17.2. The van der Waals surface area contributed by atoms with E-state index in [2.05, 4.69) is 19.7 Å². The van der Waals surface area contributed by atoms with E-state index in [0.717, 1.165) is 12.1 Å². The third-order valence-electron chi connectivity index (χ3n) is 6.77. The van der Waals surface area contributed by atoms with Gasteiger partial charge in [0.25, 0.3) is 5.56 Å². The molecule has 4 aromatic carbocycles. The van der Waals surface area contributed by atoms with E-state index < -0.39 is 32.1 Å². The number of anilines is 2. The number of carbonyl (C=O) groups is 2. The van der Waals surface area contributed by atoms with Crippen molar-refractivity contribution in [2.24, 2.45) is 0 Å². The maximum absolute atomic E-state index is 14.0. The molecular formula is C29H16N2Na2O9S2. The van der Waals surface area contributed by atoms with Crippen molar-refractivity contribution < 1.29 is 96.3 Å². The summed E-state index contributed by atoms with van der Waals surface area (Å²) in [4.78, 5) is 43.2. The molecule has 1 heterocycles. The first kappa shape index (κ1) is 34.2. The third kappa shape index (κ3) is 6.24. The van der Waals surface area contributed by atoms with Crippen LogP contribution < -0.4 is 75.2 Å². The van der Waals surface area contributed by atoms with Crippen LogP contribution >= 0.6 is 12.0 Å². The van der Waals surface area contributed by atoms with Crippen molar-refractivity contribution >= 4 is 56.0 Å².